The van der Waals surface area contributed by atoms with E-state index in [1.807, 2.05) is 54.5 Å². The van der Waals surface area contributed by atoms with E-state index in [9.17, 15) is 15.0 Å². The van der Waals surface area contributed by atoms with Gasteiger partial charge in [0.05, 0.1) is 24.4 Å². The van der Waals surface area contributed by atoms with Crippen LogP contribution in [0.25, 0.3) is 0 Å². The first kappa shape index (κ1) is 34.2. The van der Waals surface area contributed by atoms with Crippen molar-refractivity contribution in [3.8, 4) is 0 Å². The van der Waals surface area contributed by atoms with Crippen LogP contribution in [-0.2, 0) is 19.0 Å². The lowest BCUT2D eigenvalue weighted by molar-refractivity contribution is -0.250. The molecule has 0 saturated carbocycles. The number of ether oxygens (including phenoxy) is 3. The topological polar surface area (TPSA) is 111 Å². The molecule has 1 saturated heterocycles. The number of aliphatic hydroxyl groups excluding tert-OH is 2. The van der Waals surface area contributed by atoms with Gasteiger partial charge in [0.25, 0.3) is 0 Å². The SMILES string of the molecule is CC[C@H]1C=C(C)[C@@H](O)CC=CC=C(C)C(=O)O[C@H](C(C)C)CC=C(C)C=C(C)[C@@H]1O[C@H]1C[C@](C)(N)[C@@H](O)[C@H](C)O1. The van der Waals surface area contributed by atoms with Crippen LogP contribution in [0, 0.1) is 11.8 Å². The second-order valence-electron chi connectivity index (χ2n) is 12.3. The Kier molecular flexibility index (Phi) is 13.0. The van der Waals surface area contributed by atoms with Crippen LogP contribution in [0.5, 0.6) is 0 Å². The molecule has 4 N–H and O–H groups in total. The van der Waals surface area contributed by atoms with E-state index in [4.69, 9.17) is 19.9 Å². The minimum atomic E-state index is -0.836. The summed E-state index contributed by atoms with van der Waals surface area (Å²) in [4.78, 5) is 12.7. The molecule has 0 unspecified atom stereocenters. The number of esters is 1. The van der Waals surface area contributed by atoms with Crippen molar-refractivity contribution >= 4 is 5.97 Å². The average Bonchev–Trinajstić information content (AvgIpc) is 2.87. The number of allylic oxidation sites excluding steroid dienone is 4. The summed E-state index contributed by atoms with van der Waals surface area (Å²) in [5.74, 6) is -0.207. The average molecular weight is 560 g/mol. The molecule has 0 radical (unpaired) electrons. The molecule has 7 nitrogen and oxygen atoms in total. The van der Waals surface area contributed by atoms with Gasteiger partial charge in [0.15, 0.2) is 6.29 Å². The van der Waals surface area contributed by atoms with Crippen LogP contribution < -0.4 is 5.73 Å². The van der Waals surface area contributed by atoms with Crippen LogP contribution in [-0.4, -0.2) is 58.5 Å². The van der Waals surface area contributed by atoms with E-state index in [0.29, 0.717) is 24.8 Å². The van der Waals surface area contributed by atoms with Gasteiger partial charge in [0.1, 0.15) is 6.10 Å². The number of carbonyl (C=O) groups is 1. The fourth-order valence-electron chi connectivity index (χ4n) is 5.20. The second-order valence-corrected chi connectivity index (χ2v) is 12.3. The van der Waals surface area contributed by atoms with Crippen molar-refractivity contribution in [1.29, 1.82) is 0 Å². The Bertz CT molecular complexity index is 1000. The van der Waals surface area contributed by atoms with Crippen LogP contribution in [0.3, 0.4) is 0 Å². The van der Waals surface area contributed by atoms with Gasteiger partial charge in [-0.2, -0.15) is 0 Å². The van der Waals surface area contributed by atoms with Crippen molar-refractivity contribution in [2.24, 2.45) is 17.6 Å². The fourth-order valence-corrected chi connectivity index (χ4v) is 5.20. The Hall–Kier alpha value is -2.03. The zero-order chi connectivity index (χ0) is 30.2. The normalized spacial score (nSPS) is 35.6. The van der Waals surface area contributed by atoms with Gasteiger partial charge < -0.3 is 30.2 Å². The first-order valence-corrected chi connectivity index (χ1v) is 14.7. The lowest BCUT2D eigenvalue weighted by Gasteiger charge is -2.44. The molecule has 226 valence electrons. The van der Waals surface area contributed by atoms with Crippen molar-refractivity contribution in [2.75, 3.05) is 0 Å². The standard InChI is InChI=1S/C33H53NO6/c1-10-26-18-23(6)27(35)14-12-11-13-22(5)32(37)39-28(20(2)3)16-15-21(4)17-24(7)30(26)40-29-19-33(9,34)31(36)25(8)38-29/h11-13,15,17-18,20,25-31,35-36H,10,14,16,19,34H2,1-9H3/t25-,26-,27-,28-,29-,30-,31-,33-/m0/s1. The van der Waals surface area contributed by atoms with Gasteiger partial charge in [-0.1, -0.05) is 62.8 Å². The summed E-state index contributed by atoms with van der Waals surface area (Å²) in [5, 5.41) is 21.4. The summed E-state index contributed by atoms with van der Waals surface area (Å²) >= 11 is 0. The van der Waals surface area contributed by atoms with Gasteiger partial charge in [-0.25, -0.2) is 4.79 Å². The maximum atomic E-state index is 12.7. The summed E-state index contributed by atoms with van der Waals surface area (Å²) in [7, 11) is 0. The summed E-state index contributed by atoms with van der Waals surface area (Å²) < 4.78 is 18.5. The molecule has 7 heteroatoms. The minimum absolute atomic E-state index is 0.0251. The number of aliphatic hydroxyl groups is 2. The first-order chi connectivity index (χ1) is 18.7. The van der Waals surface area contributed by atoms with E-state index < -0.39 is 30.1 Å². The molecule has 0 aliphatic carbocycles. The quantitative estimate of drug-likeness (QED) is 0.300. The Balaban J connectivity index is 2.51. The van der Waals surface area contributed by atoms with E-state index >= 15 is 0 Å². The Morgan fingerprint density at radius 1 is 1.15 bits per heavy atom. The molecule has 2 rings (SSSR count). The molecule has 8 atom stereocenters. The van der Waals surface area contributed by atoms with E-state index in [2.05, 4.69) is 25.2 Å². The number of nitrogens with two attached hydrogens (primary N) is 1. The second kappa shape index (κ2) is 15.3. The monoisotopic (exact) mass is 559 g/mol. The fraction of sp³-hybridized carbons (Fsp3) is 0.667. The van der Waals surface area contributed by atoms with Gasteiger partial charge in [-0.3, -0.25) is 0 Å². The third-order valence-corrected chi connectivity index (χ3v) is 8.00. The maximum absolute atomic E-state index is 12.7. The number of hydrogen-bond acceptors (Lipinski definition) is 7. The van der Waals surface area contributed by atoms with Gasteiger partial charge in [-0.15, -0.1) is 0 Å². The molecule has 0 aromatic carbocycles. The summed E-state index contributed by atoms with van der Waals surface area (Å²) in [6, 6.07) is 0. The Labute approximate surface area is 241 Å². The Morgan fingerprint density at radius 3 is 2.42 bits per heavy atom. The third kappa shape index (κ3) is 9.81. The molecule has 2 aliphatic rings. The predicted molar refractivity (Wildman–Crippen MR) is 160 cm³/mol. The zero-order valence-corrected chi connectivity index (χ0v) is 26.0. The molecule has 0 aromatic rings. The highest BCUT2D eigenvalue weighted by Gasteiger charge is 2.43. The van der Waals surface area contributed by atoms with Crippen LogP contribution in [0.2, 0.25) is 0 Å². The molecule has 40 heavy (non-hydrogen) atoms. The molecule has 2 aliphatic heterocycles. The van der Waals surface area contributed by atoms with Gasteiger partial charge in [-0.05, 0) is 71.4 Å². The molecule has 1 fully saturated rings. The highest BCUT2D eigenvalue weighted by Crippen LogP contribution is 2.33. The lowest BCUT2D eigenvalue weighted by atomic mass is 9.86. The van der Waals surface area contributed by atoms with Crippen molar-refractivity contribution in [2.45, 2.75) is 130 Å². The molecule has 2 heterocycles. The van der Waals surface area contributed by atoms with E-state index in [1.165, 1.54) is 0 Å². The van der Waals surface area contributed by atoms with Crippen molar-refractivity contribution in [3.05, 3.63) is 58.7 Å². The van der Waals surface area contributed by atoms with Crippen molar-refractivity contribution < 1.29 is 29.2 Å². The molecule has 0 bridgehead atoms. The molecule has 0 aromatic heterocycles. The summed E-state index contributed by atoms with van der Waals surface area (Å²) in [5.41, 5.74) is 9.01. The smallest absolute Gasteiger partial charge is 0.334 e. The maximum Gasteiger partial charge on any atom is 0.334 e. The molecular weight excluding hydrogens is 506 g/mol. The highest BCUT2D eigenvalue weighted by molar-refractivity contribution is 5.88. The van der Waals surface area contributed by atoms with E-state index in [0.717, 1.165) is 23.1 Å². The van der Waals surface area contributed by atoms with Crippen molar-refractivity contribution in [3.63, 3.8) is 0 Å². The van der Waals surface area contributed by atoms with Crippen molar-refractivity contribution in [1.82, 2.24) is 0 Å². The molecule has 0 amide bonds. The zero-order valence-electron chi connectivity index (χ0n) is 26.0. The molecule has 0 spiro atoms. The number of hydrogen-bond donors (Lipinski definition) is 3. The van der Waals surface area contributed by atoms with Gasteiger partial charge in [0.2, 0.25) is 0 Å². The summed E-state index contributed by atoms with van der Waals surface area (Å²) in [6.45, 7) is 17.6. The number of cyclic esters (lactones) is 1. The van der Waals surface area contributed by atoms with Gasteiger partial charge >= 0.3 is 5.97 Å². The first-order valence-electron chi connectivity index (χ1n) is 14.7. The number of carbonyl (C=O) groups excluding carboxylic acids is 1. The Morgan fingerprint density at radius 2 is 1.82 bits per heavy atom. The van der Waals surface area contributed by atoms with Crippen LogP contribution >= 0.6 is 0 Å². The van der Waals surface area contributed by atoms with Crippen LogP contribution in [0.4, 0.5) is 0 Å². The largest absolute Gasteiger partial charge is 0.458 e. The minimum Gasteiger partial charge on any atom is -0.458 e. The molecular formula is C33H53NO6. The van der Waals surface area contributed by atoms with E-state index in [1.54, 1.807) is 19.1 Å². The van der Waals surface area contributed by atoms with Crippen LogP contribution in [0.15, 0.2) is 58.7 Å². The highest BCUT2D eigenvalue weighted by atomic mass is 16.7. The summed E-state index contributed by atoms with van der Waals surface area (Å²) in [6.07, 6.45) is 10.8. The lowest BCUT2D eigenvalue weighted by Crippen LogP contribution is -2.60. The third-order valence-electron chi connectivity index (χ3n) is 8.00. The van der Waals surface area contributed by atoms with Gasteiger partial charge in [0, 0.05) is 29.9 Å². The number of rotatable bonds is 4. The predicted octanol–water partition coefficient (Wildman–Crippen LogP) is 5.67. The van der Waals surface area contributed by atoms with E-state index in [-0.39, 0.29) is 30.0 Å². The van der Waals surface area contributed by atoms with Crippen LogP contribution in [0.1, 0.15) is 88.0 Å².